The lowest BCUT2D eigenvalue weighted by atomic mass is 9.97. The number of hydrogen-bond acceptors (Lipinski definition) is 0. The molecule has 0 aromatic carbocycles. The summed E-state index contributed by atoms with van der Waals surface area (Å²) in [7, 11) is 4.49. The zero-order chi connectivity index (χ0) is 15.1. The van der Waals surface area contributed by atoms with Gasteiger partial charge < -0.3 is 21.9 Å². The summed E-state index contributed by atoms with van der Waals surface area (Å²) in [5.74, 6) is 1.74. The number of rotatable bonds is 15. The molecule has 3 heteroatoms. The van der Waals surface area contributed by atoms with Gasteiger partial charge in [0.15, 0.2) is 0 Å². The molecule has 21 heavy (non-hydrogen) atoms. The Hall–Kier alpha value is 0.730. The van der Waals surface area contributed by atoms with E-state index in [2.05, 4.69) is 21.0 Å². The predicted octanol–water partition coefficient (Wildman–Crippen LogP) is 1.69. The van der Waals surface area contributed by atoms with Crippen LogP contribution < -0.4 is 21.9 Å². The minimum atomic E-state index is 0. The third-order valence-electron chi connectivity index (χ3n) is 4.20. The van der Waals surface area contributed by atoms with Crippen molar-refractivity contribution in [2.45, 2.75) is 84.0 Å². The van der Waals surface area contributed by atoms with Crippen molar-refractivity contribution in [3.05, 3.63) is 0 Å². The average Bonchev–Trinajstić information content (AvgIpc) is 2.41. The zero-order valence-electron chi connectivity index (χ0n) is 14.7. The van der Waals surface area contributed by atoms with Crippen molar-refractivity contribution in [3.63, 3.8) is 0 Å². The molecule has 0 radical (unpaired) electrons. The van der Waals surface area contributed by atoms with E-state index in [4.69, 9.17) is 11.6 Å². The fraction of sp³-hybridized carbons (Fsp3) is 1.00. The highest BCUT2D eigenvalue weighted by Crippen LogP contribution is 2.17. The van der Waals surface area contributed by atoms with Gasteiger partial charge in [0.1, 0.15) is 0 Å². The van der Waals surface area contributed by atoms with Crippen LogP contribution in [0.5, 0.6) is 0 Å². The van der Waals surface area contributed by atoms with E-state index >= 15 is 0 Å². The Bertz CT molecular complexity index is 188. The van der Waals surface area contributed by atoms with Crippen molar-refractivity contribution in [1.29, 1.82) is 0 Å². The number of unbranched alkanes of at least 4 members (excludes halogenated alkanes) is 8. The van der Waals surface area contributed by atoms with Crippen LogP contribution in [-0.4, -0.2) is 26.5 Å². The summed E-state index contributed by atoms with van der Waals surface area (Å²) in [5, 5.41) is 0. The lowest BCUT2D eigenvalue weighted by molar-refractivity contribution is -0.858. The van der Waals surface area contributed by atoms with E-state index in [1.807, 2.05) is 0 Å². The zero-order valence-corrected chi connectivity index (χ0v) is 17.1. The van der Waals surface area contributed by atoms with E-state index in [0.717, 1.165) is 11.8 Å². The second-order valence-electron chi connectivity index (χ2n) is 6.86. The second-order valence-corrected chi connectivity index (χ2v) is 7.24. The molecule has 1 atom stereocenters. The molecular weight excluding hydrogens is 346 g/mol. The highest BCUT2D eigenvalue weighted by molar-refractivity contribution is 6.17. The van der Waals surface area contributed by atoms with Gasteiger partial charge in [0.25, 0.3) is 0 Å². The highest BCUT2D eigenvalue weighted by atomic mass is 79.9. The molecule has 0 amide bonds. The molecule has 1 nitrogen and oxygen atoms in total. The fourth-order valence-electron chi connectivity index (χ4n) is 2.76. The number of alkyl halides is 1. The first-order chi connectivity index (χ1) is 9.66. The van der Waals surface area contributed by atoms with Crippen LogP contribution >= 0.6 is 11.6 Å². The molecular formula is C18H39BrClN. The highest BCUT2D eigenvalue weighted by Gasteiger charge is 2.01. The van der Waals surface area contributed by atoms with Gasteiger partial charge in [-0.1, -0.05) is 64.7 Å². The van der Waals surface area contributed by atoms with E-state index in [9.17, 15) is 0 Å². The SMILES string of the molecule is CC(CCCCCl)CCCCCCCCCC[NH+](C)C.[Br-]. The average molecular weight is 385 g/mol. The maximum Gasteiger partial charge on any atom is 0.0766 e. The molecule has 0 bridgehead atoms. The quantitative estimate of drug-likeness (QED) is 0.324. The maximum atomic E-state index is 5.71. The van der Waals surface area contributed by atoms with E-state index in [1.54, 1.807) is 4.90 Å². The first kappa shape index (κ1) is 24.0. The van der Waals surface area contributed by atoms with Crippen LogP contribution in [0, 0.1) is 5.92 Å². The number of nitrogens with one attached hydrogen (secondary N) is 1. The van der Waals surface area contributed by atoms with Crippen LogP contribution in [0.3, 0.4) is 0 Å². The monoisotopic (exact) mass is 383 g/mol. The second kappa shape index (κ2) is 18.8. The van der Waals surface area contributed by atoms with Crippen LogP contribution in [0.2, 0.25) is 0 Å². The van der Waals surface area contributed by atoms with E-state index in [0.29, 0.717) is 0 Å². The van der Waals surface area contributed by atoms with Gasteiger partial charge in [0, 0.05) is 5.88 Å². The molecule has 0 saturated heterocycles. The first-order valence-electron chi connectivity index (χ1n) is 9.01. The van der Waals surface area contributed by atoms with Gasteiger partial charge in [-0.15, -0.1) is 11.6 Å². The van der Waals surface area contributed by atoms with Crippen molar-refractivity contribution in [3.8, 4) is 0 Å². The summed E-state index contributed by atoms with van der Waals surface area (Å²) in [6.45, 7) is 3.74. The minimum absolute atomic E-state index is 0. The van der Waals surface area contributed by atoms with E-state index in [-0.39, 0.29) is 17.0 Å². The molecule has 0 heterocycles. The lowest BCUT2D eigenvalue weighted by Gasteiger charge is -2.10. The Morgan fingerprint density at radius 3 is 1.62 bits per heavy atom. The summed E-state index contributed by atoms with van der Waals surface area (Å²) in [4.78, 5) is 1.59. The van der Waals surface area contributed by atoms with E-state index in [1.165, 1.54) is 83.6 Å². The van der Waals surface area contributed by atoms with Crippen molar-refractivity contribution in [2.75, 3.05) is 26.5 Å². The van der Waals surface area contributed by atoms with Gasteiger partial charge in [-0.25, -0.2) is 0 Å². The van der Waals surface area contributed by atoms with E-state index < -0.39 is 0 Å². The van der Waals surface area contributed by atoms with Crippen LogP contribution in [-0.2, 0) is 0 Å². The molecule has 0 saturated carbocycles. The standard InChI is InChI=1S/C18H38ClN.BrH/c1-18(15-11-12-16-19)14-10-8-6-4-5-7-9-13-17-20(2)3;/h18H,4-17H2,1-3H3;1H. The summed E-state index contributed by atoms with van der Waals surface area (Å²) >= 11 is 5.71. The molecule has 0 aliphatic carbocycles. The van der Waals surface area contributed by atoms with Gasteiger partial charge in [-0.2, -0.15) is 0 Å². The Balaban J connectivity index is 0. The topological polar surface area (TPSA) is 4.44 Å². The molecule has 0 aromatic rings. The van der Waals surface area contributed by atoms with Gasteiger partial charge in [0.2, 0.25) is 0 Å². The number of halogens is 2. The molecule has 1 unspecified atom stereocenters. The molecule has 0 rings (SSSR count). The van der Waals surface area contributed by atoms with Crippen LogP contribution in [0.25, 0.3) is 0 Å². The molecule has 0 fully saturated rings. The van der Waals surface area contributed by atoms with Gasteiger partial charge in [-0.3, -0.25) is 0 Å². The summed E-state index contributed by atoms with van der Waals surface area (Å²) in [6, 6.07) is 0. The molecule has 0 aliphatic rings. The van der Waals surface area contributed by atoms with Crippen molar-refractivity contribution < 1.29 is 21.9 Å². The van der Waals surface area contributed by atoms with Gasteiger partial charge >= 0.3 is 0 Å². The minimum Gasteiger partial charge on any atom is -1.00 e. The Morgan fingerprint density at radius 2 is 1.14 bits per heavy atom. The summed E-state index contributed by atoms with van der Waals surface area (Å²) in [6.07, 6.45) is 16.8. The number of hydrogen-bond donors (Lipinski definition) is 1. The molecule has 130 valence electrons. The molecule has 1 N–H and O–H groups in total. The molecule has 0 aliphatic heterocycles. The van der Waals surface area contributed by atoms with Crippen LogP contribution in [0.1, 0.15) is 84.0 Å². The van der Waals surface area contributed by atoms with Crippen LogP contribution in [0.15, 0.2) is 0 Å². The Morgan fingerprint density at radius 1 is 0.714 bits per heavy atom. The largest absolute Gasteiger partial charge is 1.00 e. The smallest absolute Gasteiger partial charge is 0.0766 e. The van der Waals surface area contributed by atoms with Crippen molar-refractivity contribution in [2.24, 2.45) is 5.92 Å². The third-order valence-corrected chi connectivity index (χ3v) is 4.47. The van der Waals surface area contributed by atoms with Gasteiger partial charge in [-0.05, 0) is 25.2 Å². The fourth-order valence-corrected chi connectivity index (χ4v) is 2.95. The molecule has 0 aromatic heterocycles. The van der Waals surface area contributed by atoms with Crippen molar-refractivity contribution in [1.82, 2.24) is 0 Å². The lowest BCUT2D eigenvalue weighted by Crippen LogP contribution is -3.05. The van der Waals surface area contributed by atoms with Crippen LogP contribution in [0.4, 0.5) is 0 Å². The van der Waals surface area contributed by atoms with Gasteiger partial charge in [0.05, 0.1) is 20.6 Å². The summed E-state index contributed by atoms with van der Waals surface area (Å²) in [5.41, 5.74) is 0. The number of quaternary nitrogens is 1. The molecule has 0 spiro atoms. The normalized spacial score (nSPS) is 12.4. The first-order valence-corrected chi connectivity index (χ1v) is 9.55. The Labute approximate surface area is 150 Å². The third kappa shape index (κ3) is 20.7. The van der Waals surface area contributed by atoms with Crippen molar-refractivity contribution >= 4 is 11.6 Å². The predicted molar refractivity (Wildman–Crippen MR) is 93.0 cm³/mol. The maximum absolute atomic E-state index is 5.71. The summed E-state index contributed by atoms with van der Waals surface area (Å²) < 4.78 is 0. The Kier molecular flexibility index (Phi) is 21.5.